The van der Waals surface area contributed by atoms with E-state index in [9.17, 15) is 9.18 Å². The number of hydrogen-bond donors (Lipinski definition) is 0. The summed E-state index contributed by atoms with van der Waals surface area (Å²) in [6.07, 6.45) is 6.85. The fourth-order valence-electron chi connectivity index (χ4n) is 4.56. The molecule has 1 aliphatic heterocycles. The monoisotopic (exact) mass is 422 g/mol. The highest BCUT2D eigenvalue weighted by molar-refractivity contribution is 6.01. The van der Waals surface area contributed by atoms with Crippen LogP contribution >= 0.6 is 0 Å². The predicted molar refractivity (Wildman–Crippen MR) is 120 cm³/mol. The lowest BCUT2D eigenvalue weighted by Crippen LogP contribution is -2.37. The van der Waals surface area contributed by atoms with Crippen molar-refractivity contribution >= 4 is 11.6 Å². The molecule has 1 heterocycles. The number of hydrogen-bond acceptors (Lipinski definition) is 3. The molecular weight excluding hydrogens is 391 g/mol. The molecule has 1 atom stereocenters. The average molecular weight is 423 g/mol. The fraction of sp³-hybridized carbons (Fsp3) is 0.462. The Morgan fingerprint density at radius 1 is 1.13 bits per heavy atom. The first-order valence-corrected chi connectivity index (χ1v) is 11.4. The molecule has 31 heavy (non-hydrogen) atoms. The van der Waals surface area contributed by atoms with Gasteiger partial charge in [0.15, 0.2) is 6.10 Å². The molecule has 0 unspecified atom stereocenters. The van der Waals surface area contributed by atoms with Crippen LogP contribution in [0.2, 0.25) is 0 Å². The minimum absolute atomic E-state index is 0.0718. The molecule has 1 saturated carbocycles. The van der Waals surface area contributed by atoms with Crippen LogP contribution in [-0.4, -0.2) is 29.2 Å². The minimum Gasteiger partial charge on any atom is -0.390 e. The van der Waals surface area contributed by atoms with Crippen LogP contribution in [0, 0.1) is 18.7 Å². The van der Waals surface area contributed by atoms with Crippen molar-refractivity contribution < 1.29 is 14.0 Å². The van der Waals surface area contributed by atoms with Gasteiger partial charge in [0.05, 0.1) is 12.3 Å². The first-order valence-electron chi connectivity index (χ1n) is 11.4. The van der Waals surface area contributed by atoms with Gasteiger partial charge in [0.2, 0.25) is 5.91 Å². The summed E-state index contributed by atoms with van der Waals surface area (Å²) in [4.78, 5) is 20.5. The van der Waals surface area contributed by atoms with Crippen LogP contribution in [0.25, 0.3) is 0 Å². The molecule has 1 aliphatic carbocycles. The third kappa shape index (κ3) is 5.72. The van der Waals surface area contributed by atoms with Gasteiger partial charge in [-0.05, 0) is 30.9 Å². The second-order valence-corrected chi connectivity index (χ2v) is 8.89. The van der Waals surface area contributed by atoms with Crippen molar-refractivity contribution in [2.45, 2.75) is 64.5 Å². The summed E-state index contributed by atoms with van der Waals surface area (Å²) in [5.74, 6) is 0.445. The number of carbonyl (C=O) groups is 1. The maximum atomic E-state index is 14.3. The number of oxime groups is 1. The Morgan fingerprint density at radius 2 is 1.87 bits per heavy atom. The number of halogens is 1. The molecule has 0 aromatic heterocycles. The van der Waals surface area contributed by atoms with Crippen molar-refractivity contribution in [3.8, 4) is 0 Å². The molecule has 2 aliphatic rings. The molecule has 1 fully saturated rings. The molecule has 5 heteroatoms. The molecule has 0 N–H and O–H groups in total. The lowest BCUT2D eigenvalue weighted by atomic mass is 10.0. The van der Waals surface area contributed by atoms with E-state index in [1.807, 2.05) is 18.2 Å². The van der Waals surface area contributed by atoms with Gasteiger partial charge in [-0.3, -0.25) is 4.79 Å². The molecule has 4 rings (SSSR count). The van der Waals surface area contributed by atoms with E-state index in [1.165, 1.54) is 37.3 Å². The summed E-state index contributed by atoms with van der Waals surface area (Å²) in [5, 5.41) is 4.27. The maximum absolute atomic E-state index is 14.3. The Kier molecular flexibility index (Phi) is 7.00. The van der Waals surface area contributed by atoms with E-state index in [0.29, 0.717) is 30.9 Å². The van der Waals surface area contributed by atoms with Crippen molar-refractivity contribution in [1.29, 1.82) is 0 Å². The first kappa shape index (κ1) is 21.5. The number of benzene rings is 2. The van der Waals surface area contributed by atoms with Gasteiger partial charge >= 0.3 is 0 Å². The molecule has 1 amide bonds. The Balaban J connectivity index is 1.40. The molecule has 0 bridgehead atoms. The van der Waals surface area contributed by atoms with Crippen molar-refractivity contribution in [2.75, 3.05) is 6.54 Å². The normalized spacial score (nSPS) is 18.6. The van der Waals surface area contributed by atoms with E-state index in [-0.39, 0.29) is 24.4 Å². The molecule has 0 radical (unpaired) electrons. The van der Waals surface area contributed by atoms with E-state index in [1.54, 1.807) is 17.0 Å². The highest BCUT2D eigenvalue weighted by Gasteiger charge is 2.28. The summed E-state index contributed by atoms with van der Waals surface area (Å²) < 4.78 is 14.3. The lowest BCUT2D eigenvalue weighted by Gasteiger charge is -2.26. The van der Waals surface area contributed by atoms with Crippen LogP contribution in [0.15, 0.2) is 53.7 Å². The van der Waals surface area contributed by atoms with Gasteiger partial charge in [-0.1, -0.05) is 78.9 Å². The van der Waals surface area contributed by atoms with Crippen LogP contribution in [-0.2, 0) is 16.2 Å². The second-order valence-electron chi connectivity index (χ2n) is 8.89. The zero-order chi connectivity index (χ0) is 21.6. The average Bonchev–Trinajstić information content (AvgIpc) is 3.46. The highest BCUT2D eigenvalue weighted by atomic mass is 19.1. The van der Waals surface area contributed by atoms with E-state index in [2.05, 4.69) is 24.2 Å². The zero-order valence-electron chi connectivity index (χ0n) is 18.2. The molecule has 2 aromatic rings. The number of amides is 1. The summed E-state index contributed by atoms with van der Waals surface area (Å²) >= 11 is 0. The predicted octanol–water partition coefficient (Wildman–Crippen LogP) is 5.63. The SMILES string of the molecule is Cc1ccc(C2=NO[C@@H](CN(Cc3ccccc3F)C(=O)CCC3CCCC3)C2)cc1. The number of nitrogens with zero attached hydrogens (tertiary/aromatic N) is 2. The lowest BCUT2D eigenvalue weighted by molar-refractivity contribution is -0.134. The van der Waals surface area contributed by atoms with Crippen molar-refractivity contribution in [3.05, 3.63) is 71.0 Å². The summed E-state index contributed by atoms with van der Waals surface area (Å²) in [6, 6.07) is 14.9. The topological polar surface area (TPSA) is 41.9 Å². The summed E-state index contributed by atoms with van der Waals surface area (Å²) in [6.45, 7) is 2.73. The molecule has 0 spiro atoms. The molecule has 0 saturated heterocycles. The summed E-state index contributed by atoms with van der Waals surface area (Å²) in [7, 11) is 0. The van der Waals surface area contributed by atoms with Gasteiger partial charge in [-0.15, -0.1) is 0 Å². The van der Waals surface area contributed by atoms with Gasteiger partial charge in [0.1, 0.15) is 5.82 Å². The van der Waals surface area contributed by atoms with Crippen LogP contribution in [0.5, 0.6) is 0 Å². The number of aryl methyl sites for hydroxylation is 1. The van der Waals surface area contributed by atoms with Crippen molar-refractivity contribution in [2.24, 2.45) is 11.1 Å². The third-order valence-electron chi connectivity index (χ3n) is 6.45. The highest BCUT2D eigenvalue weighted by Crippen LogP contribution is 2.29. The van der Waals surface area contributed by atoms with Gasteiger partial charge in [0, 0.05) is 24.9 Å². The fourth-order valence-corrected chi connectivity index (χ4v) is 4.56. The van der Waals surface area contributed by atoms with Crippen LogP contribution in [0.1, 0.15) is 61.6 Å². The molecule has 2 aromatic carbocycles. The van der Waals surface area contributed by atoms with Crippen LogP contribution in [0.3, 0.4) is 0 Å². The van der Waals surface area contributed by atoms with E-state index in [0.717, 1.165) is 17.7 Å². The zero-order valence-corrected chi connectivity index (χ0v) is 18.2. The van der Waals surface area contributed by atoms with E-state index < -0.39 is 0 Å². The molecular formula is C26H31FN2O2. The standard InChI is InChI=1S/C26H31FN2O2/c1-19-10-13-21(14-11-19)25-16-23(31-28-25)18-29(17-22-8-4-5-9-24(22)27)26(30)15-12-20-6-2-3-7-20/h4-5,8-11,13-14,20,23H,2-3,6-7,12,15-18H2,1H3/t23-/m1/s1. The van der Waals surface area contributed by atoms with Crippen LogP contribution in [0.4, 0.5) is 4.39 Å². The Morgan fingerprint density at radius 3 is 2.61 bits per heavy atom. The van der Waals surface area contributed by atoms with E-state index >= 15 is 0 Å². The van der Waals surface area contributed by atoms with Crippen LogP contribution < -0.4 is 0 Å². The maximum Gasteiger partial charge on any atom is 0.223 e. The van der Waals surface area contributed by atoms with Gasteiger partial charge < -0.3 is 9.74 Å². The largest absolute Gasteiger partial charge is 0.390 e. The third-order valence-corrected chi connectivity index (χ3v) is 6.45. The Bertz CT molecular complexity index is 919. The molecule has 4 nitrogen and oxygen atoms in total. The summed E-state index contributed by atoms with van der Waals surface area (Å²) in [5.41, 5.74) is 3.67. The van der Waals surface area contributed by atoms with Crippen molar-refractivity contribution in [1.82, 2.24) is 4.90 Å². The van der Waals surface area contributed by atoms with Gasteiger partial charge in [-0.25, -0.2) is 4.39 Å². The Labute approximate surface area is 184 Å². The second kappa shape index (κ2) is 10.1. The van der Waals surface area contributed by atoms with Gasteiger partial charge in [0.25, 0.3) is 0 Å². The Hall–Kier alpha value is -2.69. The number of rotatable bonds is 8. The molecule has 164 valence electrons. The minimum atomic E-state index is -0.278. The quantitative estimate of drug-likeness (QED) is 0.554. The smallest absolute Gasteiger partial charge is 0.223 e. The van der Waals surface area contributed by atoms with Crippen molar-refractivity contribution in [3.63, 3.8) is 0 Å². The number of carbonyl (C=O) groups excluding carboxylic acids is 1. The first-order chi connectivity index (χ1) is 15.1. The van der Waals surface area contributed by atoms with E-state index in [4.69, 9.17) is 4.84 Å². The van der Waals surface area contributed by atoms with Gasteiger partial charge in [-0.2, -0.15) is 0 Å².